The molecule has 0 radical (unpaired) electrons. The lowest BCUT2D eigenvalue weighted by atomic mass is 9.55. The number of nitrogens with two attached hydrogens (primary N) is 1. The highest BCUT2D eigenvalue weighted by molar-refractivity contribution is 5.81. The number of primary amides is 1. The van der Waals surface area contributed by atoms with E-state index in [1.54, 1.807) is 0 Å². The average molecular weight is 224 g/mol. The van der Waals surface area contributed by atoms with Crippen LogP contribution in [0.4, 0.5) is 0 Å². The third-order valence-corrected chi connectivity index (χ3v) is 4.79. The van der Waals surface area contributed by atoms with Crippen LogP contribution < -0.4 is 11.1 Å². The van der Waals surface area contributed by atoms with Crippen LogP contribution in [0, 0.1) is 23.2 Å². The monoisotopic (exact) mass is 224 g/mol. The van der Waals surface area contributed by atoms with Crippen molar-refractivity contribution < 1.29 is 4.79 Å². The third kappa shape index (κ3) is 1.75. The van der Waals surface area contributed by atoms with Crippen molar-refractivity contribution in [1.82, 2.24) is 5.32 Å². The van der Waals surface area contributed by atoms with E-state index in [1.165, 1.54) is 6.42 Å². The molecule has 3 N–H and O–H groups in total. The molecule has 0 aromatic carbocycles. The van der Waals surface area contributed by atoms with Crippen LogP contribution >= 0.6 is 0 Å². The second-order valence-corrected chi connectivity index (χ2v) is 6.15. The molecule has 2 fully saturated rings. The predicted molar refractivity (Wildman–Crippen MR) is 64.8 cm³/mol. The van der Waals surface area contributed by atoms with E-state index in [9.17, 15) is 4.79 Å². The van der Waals surface area contributed by atoms with Crippen LogP contribution in [0.25, 0.3) is 0 Å². The number of hydrogen-bond donors (Lipinski definition) is 2. The zero-order chi connectivity index (χ0) is 11.9. The van der Waals surface area contributed by atoms with E-state index in [2.05, 4.69) is 19.2 Å². The first-order valence-electron chi connectivity index (χ1n) is 6.45. The summed E-state index contributed by atoms with van der Waals surface area (Å²) < 4.78 is 0. The molecule has 0 aliphatic heterocycles. The van der Waals surface area contributed by atoms with Gasteiger partial charge in [0.1, 0.15) is 0 Å². The first-order chi connectivity index (χ1) is 7.48. The predicted octanol–water partition coefficient (Wildman–Crippen LogP) is 1.52. The molecular weight excluding hydrogens is 200 g/mol. The molecule has 0 saturated heterocycles. The Bertz CT molecular complexity index is 288. The molecule has 1 amide bonds. The zero-order valence-corrected chi connectivity index (χ0v) is 10.6. The van der Waals surface area contributed by atoms with Gasteiger partial charge in [-0.3, -0.25) is 4.79 Å². The van der Waals surface area contributed by atoms with Gasteiger partial charge in [0.25, 0.3) is 0 Å². The number of amides is 1. The lowest BCUT2D eigenvalue weighted by Crippen LogP contribution is -2.55. The van der Waals surface area contributed by atoms with Gasteiger partial charge in [0.2, 0.25) is 5.91 Å². The third-order valence-electron chi connectivity index (χ3n) is 4.79. The highest BCUT2D eigenvalue weighted by Crippen LogP contribution is 2.52. The summed E-state index contributed by atoms with van der Waals surface area (Å²) in [6.45, 7) is 4.51. The summed E-state index contributed by atoms with van der Waals surface area (Å²) >= 11 is 0. The highest BCUT2D eigenvalue weighted by Gasteiger charge is 2.51. The fourth-order valence-corrected chi connectivity index (χ4v) is 4.41. The molecule has 2 bridgehead atoms. The second-order valence-electron chi connectivity index (χ2n) is 6.15. The first-order valence-corrected chi connectivity index (χ1v) is 6.45. The van der Waals surface area contributed by atoms with Crippen LogP contribution in [0.15, 0.2) is 0 Å². The van der Waals surface area contributed by atoms with Gasteiger partial charge < -0.3 is 11.1 Å². The van der Waals surface area contributed by atoms with E-state index >= 15 is 0 Å². The molecule has 3 heteroatoms. The fourth-order valence-electron chi connectivity index (χ4n) is 4.41. The molecule has 92 valence electrons. The van der Waals surface area contributed by atoms with Crippen molar-refractivity contribution in [3.05, 3.63) is 0 Å². The van der Waals surface area contributed by atoms with Crippen molar-refractivity contribution in [3.8, 4) is 0 Å². The zero-order valence-electron chi connectivity index (χ0n) is 10.6. The number of hydrogen-bond acceptors (Lipinski definition) is 2. The lowest BCUT2D eigenvalue weighted by molar-refractivity contribution is -0.137. The average Bonchev–Trinajstić information content (AvgIpc) is 2.16. The van der Waals surface area contributed by atoms with Crippen molar-refractivity contribution >= 4 is 5.91 Å². The van der Waals surface area contributed by atoms with Crippen LogP contribution in [-0.2, 0) is 4.79 Å². The Hall–Kier alpha value is -0.570. The smallest absolute Gasteiger partial charge is 0.223 e. The van der Waals surface area contributed by atoms with Gasteiger partial charge in [-0.15, -0.1) is 0 Å². The number of carbonyl (C=O) groups is 1. The van der Waals surface area contributed by atoms with Crippen LogP contribution in [0.3, 0.4) is 0 Å². The summed E-state index contributed by atoms with van der Waals surface area (Å²) in [5, 5.41) is 3.43. The minimum absolute atomic E-state index is 0.0644. The summed E-state index contributed by atoms with van der Waals surface area (Å²) in [6.07, 6.45) is 4.21. The molecule has 0 aromatic heterocycles. The van der Waals surface area contributed by atoms with E-state index in [1.807, 2.05) is 7.05 Å². The molecular formula is C13H24N2O. The Labute approximate surface area is 98.2 Å². The Balaban J connectivity index is 2.26. The quantitative estimate of drug-likeness (QED) is 0.747. The summed E-state index contributed by atoms with van der Waals surface area (Å²) in [5.41, 5.74) is 5.46. The van der Waals surface area contributed by atoms with Gasteiger partial charge in [-0.2, -0.15) is 0 Å². The Morgan fingerprint density at radius 1 is 1.31 bits per heavy atom. The van der Waals surface area contributed by atoms with Crippen LogP contribution in [0.2, 0.25) is 0 Å². The second kappa shape index (κ2) is 4.02. The van der Waals surface area contributed by atoms with E-state index in [0.717, 1.165) is 19.3 Å². The Morgan fingerprint density at radius 2 is 2.00 bits per heavy atom. The molecule has 0 aromatic rings. The van der Waals surface area contributed by atoms with Crippen LogP contribution in [0.1, 0.15) is 39.5 Å². The van der Waals surface area contributed by atoms with Crippen molar-refractivity contribution in [2.24, 2.45) is 28.9 Å². The van der Waals surface area contributed by atoms with E-state index < -0.39 is 0 Å². The molecule has 2 rings (SSSR count). The molecule has 2 saturated carbocycles. The summed E-state index contributed by atoms with van der Waals surface area (Å²) in [5.74, 6) is 1.76. The van der Waals surface area contributed by atoms with Crippen molar-refractivity contribution in [3.63, 3.8) is 0 Å². The Kier molecular flexibility index (Phi) is 2.99. The Morgan fingerprint density at radius 3 is 2.56 bits per heavy atom. The van der Waals surface area contributed by atoms with Gasteiger partial charge in [-0.25, -0.2) is 0 Å². The largest absolute Gasteiger partial charge is 0.369 e. The topological polar surface area (TPSA) is 55.1 Å². The minimum Gasteiger partial charge on any atom is -0.369 e. The number of rotatable bonds is 2. The maximum atomic E-state index is 11.8. The van der Waals surface area contributed by atoms with Gasteiger partial charge >= 0.3 is 0 Å². The van der Waals surface area contributed by atoms with E-state index in [4.69, 9.17) is 5.73 Å². The van der Waals surface area contributed by atoms with Gasteiger partial charge in [0.05, 0.1) is 0 Å². The minimum atomic E-state index is -0.199. The maximum Gasteiger partial charge on any atom is 0.223 e. The van der Waals surface area contributed by atoms with Crippen molar-refractivity contribution in [2.75, 3.05) is 7.05 Å². The molecule has 2 aliphatic rings. The number of fused-ring (bicyclic) bond motifs is 2. The van der Waals surface area contributed by atoms with Gasteiger partial charge in [-0.05, 0) is 50.5 Å². The summed E-state index contributed by atoms with van der Waals surface area (Å²) in [6, 6.07) is 0.565. The molecule has 0 spiro atoms. The normalized spacial score (nSPS) is 47.7. The van der Waals surface area contributed by atoms with Gasteiger partial charge in [-0.1, -0.05) is 13.8 Å². The van der Waals surface area contributed by atoms with Gasteiger partial charge in [0, 0.05) is 11.5 Å². The number of nitrogens with one attached hydrogen (secondary N) is 1. The summed E-state index contributed by atoms with van der Waals surface area (Å²) in [7, 11) is 2.04. The van der Waals surface area contributed by atoms with E-state index in [0.29, 0.717) is 23.8 Å². The standard InChI is InChI=1S/C13H24N2O/c1-8-4-10-7-13(5-8,12(14)16)6-9(2)11(10)15-3/h8-11,15H,4-7H2,1-3H3,(H2,14,16). The van der Waals surface area contributed by atoms with Crippen LogP contribution in [0.5, 0.6) is 0 Å². The molecule has 3 nitrogen and oxygen atoms in total. The molecule has 5 atom stereocenters. The highest BCUT2D eigenvalue weighted by atomic mass is 16.1. The molecule has 2 aliphatic carbocycles. The first kappa shape index (κ1) is 11.9. The summed E-state index contributed by atoms with van der Waals surface area (Å²) in [4.78, 5) is 11.8. The lowest BCUT2D eigenvalue weighted by Gasteiger charge is -2.52. The SMILES string of the molecule is CNC1C(C)CC2(C(N)=O)CC(C)CC1C2. The van der Waals surface area contributed by atoms with Crippen LogP contribution in [-0.4, -0.2) is 19.0 Å². The molecule has 5 unspecified atom stereocenters. The fraction of sp³-hybridized carbons (Fsp3) is 0.923. The van der Waals surface area contributed by atoms with E-state index in [-0.39, 0.29) is 11.3 Å². The number of carbonyl (C=O) groups excluding carboxylic acids is 1. The maximum absolute atomic E-state index is 11.8. The van der Waals surface area contributed by atoms with Crippen molar-refractivity contribution in [1.29, 1.82) is 0 Å². The molecule has 0 heterocycles. The molecule has 16 heavy (non-hydrogen) atoms. The van der Waals surface area contributed by atoms with Gasteiger partial charge in [0.15, 0.2) is 0 Å². The van der Waals surface area contributed by atoms with Crippen molar-refractivity contribution in [2.45, 2.75) is 45.6 Å².